The van der Waals surface area contributed by atoms with Gasteiger partial charge in [-0.05, 0) is 38.3 Å². The minimum Gasteiger partial charge on any atom is -0.390 e. The van der Waals surface area contributed by atoms with Crippen molar-refractivity contribution >= 4 is 22.9 Å². The molecule has 1 aromatic heterocycles. The maximum Gasteiger partial charge on any atom is 0.395 e. The molecule has 1 fully saturated rings. The minimum absolute atomic E-state index is 0.00156. The molecule has 2 heterocycles. The molecule has 0 aliphatic carbocycles. The minimum atomic E-state index is -4.31. The van der Waals surface area contributed by atoms with Gasteiger partial charge in [-0.3, -0.25) is 4.79 Å². The number of piperidine rings is 1. The number of nitrogens with zero attached hydrogens (tertiary/aromatic N) is 2. The molecule has 1 amide bonds. The zero-order chi connectivity index (χ0) is 21.8. The van der Waals surface area contributed by atoms with E-state index in [9.17, 15) is 23.1 Å². The van der Waals surface area contributed by atoms with E-state index in [1.54, 1.807) is 6.92 Å². The van der Waals surface area contributed by atoms with E-state index in [0.717, 1.165) is 30.1 Å². The van der Waals surface area contributed by atoms with E-state index >= 15 is 0 Å². The number of aliphatic hydroxyl groups is 1. The second-order valence-corrected chi connectivity index (χ2v) is 8.90. The first-order valence-electron chi connectivity index (χ1n) is 9.95. The van der Waals surface area contributed by atoms with Crippen LogP contribution in [0.3, 0.4) is 0 Å². The van der Waals surface area contributed by atoms with Gasteiger partial charge in [0.2, 0.25) is 5.91 Å². The van der Waals surface area contributed by atoms with Gasteiger partial charge in [0, 0.05) is 30.2 Å². The third-order valence-electron chi connectivity index (χ3n) is 5.34. The fraction of sp³-hybridized carbons (Fsp3) is 0.524. The van der Waals surface area contributed by atoms with Crippen LogP contribution < -0.4 is 10.2 Å². The Bertz CT molecular complexity index is 847. The van der Waals surface area contributed by atoms with Crippen LogP contribution in [-0.2, 0) is 17.6 Å². The van der Waals surface area contributed by atoms with E-state index in [-0.39, 0.29) is 17.3 Å². The van der Waals surface area contributed by atoms with Crippen LogP contribution in [0.15, 0.2) is 30.3 Å². The fourth-order valence-electron chi connectivity index (χ4n) is 3.61. The van der Waals surface area contributed by atoms with Crippen molar-refractivity contribution in [2.45, 2.75) is 50.8 Å². The normalized spacial score (nSPS) is 16.5. The van der Waals surface area contributed by atoms with E-state index in [1.165, 1.54) is 0 Å². The van der Waals surface area contributed by atoms with Crippen LogP contribution in [-0.4, -0.2) is 47.4 Å². The lowest BCUT2D eigenvalue weighted by molar-refractivity contribution is -0.127. The van der Waals surface area contributed by atoms with Gasteiger partial charge in [-0.1, -0.05) is 18.2 Å². The van der Waals surface area contributed by atoms with Gasteiger partial charge >= 0.3 is 6.18 Å². The Morgan fingerprint density at radius 2 is 1.93 bits per heavy atom. The van der Waals surface area contributed by atoms with Crippen molar-refractivity contribution in [3.63, 3.8) is 0 Å². The standard InChI is InChI=1S/C21H26F3N3O2S/c1-15-17(30-19(26-15)14-21(22,23)24)13-18(28)25-10-7-20(29)8-11-27(12-9-20)16-5-3-2-4-6-16/h2-6,29H,7-14H2,1H3,(H,25,28). The number of aryl methyl sites for hydroxylation is 1. The molecule has 0 spiro atoms. The number of amides is 1. The number of rotatable bonds is 7. The summed E-state index contributed by atoms with van der Waals surface area (Å²) in [6.07, 6.45) is -3.70. The third kappa shape index (κ3) is 6.43. The highest BCUT2D eigenvalue weighted by molar-refractivity contribution is 7.11. The van der Waals surface area contributed by atoms with Crippen molar-refractivity contribution in [2.75, 3.05) is 24.5 Å². The number of alkyl halides is 3. The van der Waals surface area contributed by atoms with E-state index in [1.807, 2.05) is 30.3 Å². The van der Waals surface area contributed by atoms with Crippen LogP contribution in [0.5, 0.6) is 0 Å². The van der Waals surface area contributed by atoms with Gasteiger partial charge in [-0.25, -0.2) is 4.98 Å². The number of para-hydroxylation sites is 1. The highest BCUT2D eigenvalue weighted by Crippen LogP contribution is 2.29. The van der Waals surface area contributed by atoms with Crippen molar-refractivity contribution in [3.8, 4) is 0 Å². The molecule has 0 saturated carbocycles. The topological polar surface area (TPSA) is 65.5 Å². The zero-order valence-corrected chi connectivity index (χ0v) is 17.7. The smallest absolute Gasteiger partial charge is 0.390 e. The maximum atomic E-state index is 12.5. The van der Waals surface area contributed by atoms with Gasteiger partial charge in [-0.15, -0.1) is 11.3 Å². The number of halogens is 3. The Morgan fingerprint density at radius 1 is 1.27 bits per heavy atom. The zero-order valence-electron chi connectivity index (χ0n) is 16.8. The summed E-state index contributed by atoms with van der Waals surface area (Å²) in [6, 6.07) is 10.0. The molecule has 2 N–H and O–H groups in total. The number of nitrogens with one attached hydrogen (secondary N) is 1. The Balaban J connectivity index is 1.42. The van der Waals surface area contributed by atoms with Crippen molar-refractivity contribution < 1.29 is 23.1 Å². The van der Waals surface area contributed by atoms with Crippen LogP contribution in [0.4, 0.5) is 18.9 Å². The van der Waals surface area contributed by atoms with E-state index in [2.05, 4.69) is 15.2 Å². The largest absolute Gasteiger partial charge is 0.395 e. The van der Waals surface area contributed by atoms with Crippen LogP contribution in [0, 0.1) is 6.92 Å². The highest BCUT2D eigenvalue weighted by Gasteiger charge is 2.32. The summed E-state index contributed by atoms with van der Waals surface area (Å²) in [5.41, 5.74) is 0.776. The summed E-state index contributed by atoms with van der Waals surface area (Å²) < 4.78 is 37.5. The number of thiazole rings is 1. The number of hydrogen-bond acceptors (Lipinski definition) is 5. The summed E-state index contributed by atoms with van der Waals surface area (Å²) >= 11 is 0.927. The molecule has 0 unspecified atom stereocenters. The van der Waals surface area contributed by atoms with Crippen molar-refractivity contribution in [1.82, 2.24) is 10.3 Å². The van der Waals surface area contributed by atoms with Gasteiger partial charge in [0.25, 0.3) is 0 Å². The molecule has 1 saturated heterocycles. The lowest BCUT2D eigenvalue weighted by Crippen LogP contribution is -2.46. The Labute approximate surface area is 177 Å². The monoisotopic (exact) mass is 441 g/mol. The first-order chi connectivity index (χ1) is 14.1. The predicted molar refractivity (Wildman–Crippen MR) is 111 cm³/mol. The van der Waals surface area contributed by atoms with Gasteiger partial charge in [-0.2, -0.15) is 13.2 Å². The molecule has 2 aromatic rings. The van der Waals surface area contributed by atoms with Crippen LogP contribution in [0.2, 0.25) is 0 Å². The maximum absolute atomic E-state index is 12.5. The molecule has 1 aromatic carbocycles. The molecule has 0 bridgehead atoms. The van der Waals surface area contributed by atoms with Crippen LogP contribution in [0.25, 0.3) is 0 Å². The summed E-state index contributed by atoms with van der Waals surface area (Å²) in [5, 5.41) is 13.6. The summed E-state index contributed by atoms with van der Waals surface area (Å²) in [5.74, 6) is -0.273. The molecular formula is C21H26F3N3O2S. The van der Waals surface area contributed by atoms with Gasteiger partial charge in [0.15, 0.2) is 0 Å². The summed E-state index contributed by atoms with van der Waals surface area (Å²) in [4.78, 5) is 18.9. The molecular weight excluding hydrogens is 415 g/mol. The number of carbonyl (C=O) groups excluding carboxylic acids is 1. The lowest BCUT2D eigenvalue weighted by Gasteiger charge is -2.39. The third-order valence-corrected chi connectivity index (χ3v) is 6.50. The predicted octanol–water partition coefficient (Wildman–Crippen LogP) is 3.64. The summed E-state index contributed by atoms with van der Waals surface area (Å²) in [7, 11) is 0. The van der Waals surface area contributed by atoms with E-state index in [4.69, 9.17) is 0 Å². The van der Waals surface area contributed by atoms with Gasteiger partial charge < -0.3 is 15.3 Å². The average Bonchev–Trinajstić information content (AvgIpc) is 3.00. The Kier molecular flexibility index (Phi) is 7.02. The van der Waals surface area contributed by atoms with Crippen LogP contribution in [0.1, 0.15) is 34.8 Å². The van der Waals surface area contributed by atoms with E-state index in [0.29, 0.717) is 36.4 Å². The van der Waals surface area contributed by atoms with Gasteiger partial charge in [0.1, 0.15) is 5.01 Å². The highest BCUT2D eigenvalue weighted by atomic mass is 32.1. The second kappa shape index (κ2) is 9.34. The molecule has 9 heteroatoms. The average molecular weight is 442 g/mol. The fourth-order valence-corrected chi connectivity index (χ4v) is 4.71. The quantitative estimate of drug-likeness (QED) is 0.689. The molecule has 0 atom stereocenters. The number of benzene rings is 1. The number of hydrogen-bond donors (Lipinski definition) is 2. The second-order valence-electron chi connectivity index (χ2n) is 7.73. The molecule has 0 radical (unpaired) electrons. The molecule has 30 heavy (non-hydrogen) atoms. The summed E-state index contributed by atoms with van der Waals surface area (Å²) in [6.45, 7) is 3.43. The van der Waals surface area contributed by atoms with Crippen molar-refractivity contribution in [1.29, 1.82) is 0 Å². The van der Waals surface area contributed by atoms with E-state index < -0.39 is 18.2 Å². The molecule has 3 rings (SSSR count). The molecule has 164 valence electrons. The van der Waals surface area contributed by atoms with Crippen LogP contribution >= 0.6 is 11.3 Å². The first-order valence-corrected chi connectivity index (χ1v) is 10.8. The van der Waals surface area contributed by atoms with Gasteiger partial charge in [0.05, 0.1) is 24.1 Å². The molecule has 5 nitrogen and oxygen atoms in total. The number of anilines is 1. The molecule has 1 aliphatic heterocycles. The lowest BCUT2D eigenvalue weighted by atomic mass is 9.88. The SMILES string of the molecule is Cc1nc(CC(F)(F)F)sc1CC(=O)NCCC1(O)CCN(c2ccccc2)CC1. The van der Waals surface area contributed by atoms with Crippen molar-refractivity contribution in [3.05, 3.63) is 45.9 Å². The molecule has 1 aliphatic rings. The number of aromatic nitrogens is 1. The first kappa shape index (κ1) is 22.6. The Hall–Kier alpha value is -2.13. The Morgan fingerprint density at radius 3 is 2.57 bits per heavy atom. The number of carbonyl (C=O) groups is 1. The van der Waals surface area contributed by atoms with Crippen molar-refractivity contribution in [2.24, 2.45) is 0 Å².